The molecule has 0 N–H and O–H groups in total. The van der Waals surface area contributed by atoms with E-state index in [-0.39, 0.29) is 12.5 Å². The second kappa shape index (κ2) is 3.67. The van der Waals surface area contributed by atoms with Gasteiger partial charge in [0.05, 0.1) is 18.4 Å². The molecule has 68 valence electrons. The van der Waals surface area contributed by atoms with Crippen molar-refractivity contribution in [3.05, 3.63) is 0 Å². The molecule has 12 heavy (non-hydrogen) atoms. The topological polar surface area (TPSA) is 52.6 Å². The van der Waals surface area contributed by atoms with Gasteiger partial charge in [0, 0.05) is 7.11 Å². The number of carbonyl (C=O) groups is 2. The third kappa shape index (κ3) is 1.64. The van der Waals surface area contributed by atoms with E-state index in [2.05, 4.69) is 4.74 Å². The van der Waals surface area contributed by atoms with Gasteiger partial charge in [-0.05, 0) is 6.42 Å². The third-order valence-corrected chi connectivity index (χ3v) is 2.06. The van der Waals surface area contributed by atoms with E-state index in [1.807, 2.05) is 6.92 Å². The number of esters is 2. The summed E-state index contributed by atoms with van der Waals surface area (Å²) in [6.07, 6.45) is 0.679. The fourth-order valence-corrected chi connectivity index (χ4v) is 1.39. The van der Waals surface area contributed by atoms with Gasteiger partial charge < -0.3 is 9.47 Å². The summed E-state index contributed by atoms with van der Waals surface area (Å²) in [7, 11) is 1.53. The standard InChI is InChI=1S/C8H12O4/c1-3-6(11-2)5-4-7(9)12-8(5)10/h5-6H,3-4H2,1-2H3. The second-order valence-electron chi connectivity index (χ2n) is 2.79. The molecule has 1 saturated heterocycles. The maximum atomic E-state index is 11.0. The third-order valence-electron chi connectivity index (χ3n) is 2.06. The molecule has 0 amide bonds. The lowest BCUT2D eigenvalue weighted by Crippen LogP contribution is -2.25. The molecule has 0 aromatic heterocycles. The van der Waals surface area contributed by atoms with Crippen LogP contribution in [0.2, 0.25) is 0 Å². The predicted molar refractivity (Wildman–Crippen MR) is 40.3 cm³/mol. The lowest BCUT2D eigenvalue weighted by molar-refractivity contribution is -0.154. The molecule has 0 bridgehead atoms. The number of carbonyl (C=O) groups excluding carboxylic acids is 2. The Bertz CT molecular complexity index is 195. The van der Waals surface area contributed by atoms with Gasteiger partial charge in [-0.2, -0.15) is 0 Å². The van der Waals surface area contributed by atoms with Crippen LogP contribution in [0.5, 0.6) is 0 Å². The van der Waals surface area contributed by atoms with Crippen LogP contribution in [0.25, 0.3) is 0 Å². The van der Waals surface area contributed by atoms with E-state index >= 15 is 0 Å². The summed E-state index contributed by atoms with van der Waals surface area (Å²) in [5.74, 6) is -1.29. The smallest absolute Gasteiger partial charge is 0.319 e. The van der Waals surface area contributed by atoms with Crippen molar-refractivity contribution in [3.8, 4) is 0 Å². The molecule has 0 aromatic rings. The first kappa shape index (κ1) is 9.19. The highest BCUT2D eigenvalue weighted by molar-refractivity contribution is 5.94. The molecule has 0 radical (unpaired) electrons. The highest BCUT2D eigenvalue weighted by atomic mass is 16.6. The Morgan fingerprint density at radius 2 is 2.33 bits per heavy atom. The number of ether oxygens (including phenoxy) is 2. The van der Waals surface area contributed by atoms with Crippen molar-refractivity contribution in [2.24, 2.45) is 5.92 Å². The maximum absolute atomic E-state index is 11.0. The summed E-state index contributed by atoms with van der Waals surface area (Å²) in [5, 5.41) is 0. The minimum Gasteiger partial charge on any atom is -0.393 e. The number of hydrogen-bond acceptors (Lipinski definition) is 4. The molecule has 2 unspecified atom stereocenters. The van der Waals surface area contributed by atoms with Crippen LogP contribution in [-0.2, 0) is 19.1 Å². The molecule has 1 heterocycles. The normalized spacial score (nSPS) is 25.7. The van der Waals surface area contributed by atoms with Crippen LogP contribution in [0.1, 0.15) is 19.8 Å². The van der Waals surface area contributed by atoms with E-state index in [9.17, 15) is 9.59 Å². The first-order chi connectivity index (χ1) is 5.69. The zero-order valence-corrected chi connectivity index (χ0v) is 7.20. The Morgan fingerprint density at radius 1 is 1.67 bits per heavy atom. The van der Waals surface area contributed by atoms with Crippen LogP contribution >= 0.6 is 0 Å². The Hall–Kier alpha value is -0.900. The minimum atomic E-state index is -0.450. The van der Waals surface area contributed by atoms with E-state index < -0.39 is 17.9 Å². The van der Waals surface area contributed by atoms with E-state index in [1.165, 1.54) is 7.11 Å². The molecule has 1 rings (SSSR count). The zero-order chi connectivity index (χ0) is 9.14. The van der Waals surface area contributed by atoms with Gasteiger partial charge in [-0.15, -0.1) is 0 Å². The first-order valence-corrected chi connectivity index (χ1v) is 3.96. The lowest BCUT2D eigenvalue weighted by Gasteiger charge is -2.15. The lowest BCUT2D eigenvalue weighted by atomic mass is 9.99. The Labute approximate surface area is 70.8 Å². The van der Waals surface area contributed by atoms with Gasteiger partial charge in [0.25, 0.3) is 0 Å². The van der Waals surface area contributed by atoms with Gasteiger partial charge >= 0.3 is 11.9 Å². The molecule has 1 fully saturated rings. The molecule has 2 atom stereocenters. The summed E-state index contributed by atoms with van der Waals surface area (Å²) >= 11 is 0. The van der Waals surface area contributed by atoms with Crippen LogP contribution in [-0.4, -0.2) is 25.2 Å². The molecule has 0 saturated carbocycles. The van der Waals surface area contributed by atoms with Gasteiger partial charge in [0.15, 0.2) is 0 Å². The molecular weight excluding hydrogens is 160 g/mol. The largest absolute Gasteiger partial charge is 0.393 e. The molecule has 4 heteroatoms. The van der Waals surface area contributed by atoms with Gasteiger partial charge in [0.2, 0.25) is 0 Å². The number of cyclic esters (lactones) is 2. The van der Waals surface area contributed by atoms with Crippen LogP contribution in [0.15, 0.2) is 0 Å². The summed E-state index contributed by atoms with van der Waals surface area (Å²) < 4.78 is 9.45. The summed E-state index contributed by atoms with van der Waals surface area (Å²) in [6, 6.07) is 0. The van der Waals surface area contributed by atoms with Gasteiger partial charge in [0.1, 0.15) is 0 Å². The van der Waals surface area contributed by atoms with E-state index in [0.717, 1.165) is 0 Å². The van der Waals surface area contributed by atoms with Crippen LogP contribution in [0.4, 0.5) is 0 Å². The quantitative estimate of drug-likeness (QED) is 0.459. The molecule has 1 aliphatic heterocycles. The maximum Gasteiger partial charge on any atom is 0.319 e. The van der Waals surface area contributed by atoms with Gasteiger partial charge in [-0.3, -0.25) is 9.59 Å². The van der Waals surface area contributed by atoms with Crippen molar-refractivity contribution in [2.45, 2.75) is 25.9 Å². The average Bonchev–Trinajstić information content (AvgIpc) is 2.34. The summed E-state index contributed by atoms with van der Waals surface area (Å²) in [6.45, 7) is 1.91. The highest BCUT2D eigenvalue weighted by Crippen LogP contribution is 2.23. The van der Waals surface area contributed by atoms with E-state index in [4.69, 9.17) is 4.74 Å². The molecule has 0 aliphatic carbocycles. The second-order valence-corrected chi connectivity index (χ2v) is 2.79. The fourth-order valence-electron chi connectivity index (χ4n) is 1.39. The van der Waals surface area contributed by atoms with Crippen molar-refractivity contribution < 1.29 is 19.1 Å². The summed E-state index contributed by atoms with van der Waals surface area (Å²) in [4.78, 5) is 21.7. The van der Waals surface area contributed by atoms with Crippen LogP contribution < -0.4 is 0 Å². The van der Waals surface area contributed by atoms with Crippen molar-refractivity contribution >= 4 is 11.9 Å². The zero-order valence-electron chi connectivity index (χ0n) is 7.20. The molecule has 4 nitrogen and oxygen atoms in total. The van der Waals surface area contributed by atoms with Crippen molar-refractivity contribution in [2.75, 3.05) is 7.11 Å². The highest BCUT2D eigenvalue weighted by Gasteiger charge is 2.38. The van der Waals surface area contributed by atoms with Gasteiger partial charge in [-0.1, -0.05) is 6.92 Å². The SMILES string of the molecule is CCC(OC)C1CC(=O)OC1=O. The van der Waals surface area contributed by atoms with Crippen LogP contribution in [0, 0.1) is 5.92 Å². The van der Waals surface area contributed by atoms with Crippen molar-refractivity contribution in [1.82, 2.24) is 0 Å². The molecule has 0 spiro atoms. The minimum absolute atomic E-state index is 0.158. The molecule has 0 aromatic carbocycles. The fraction of sp³-hybridized carbons (Fsp3) is 0.750. The van der Waals surface area contributed by atoms with Gasteiger partial charge in [-0.25, -0.2) is 0 Å². The molecule has 1 aliphatic rings. The number of rotatable bonds is 3. The van der Waals surface area contributed by atoms with Crippen LogP contribution in [0.3, 0.4) is 0 Å². The first-order valence-electron chi connectivity index (χ1n) is 3.96. The molecular formula is C8H12O4. The Kier molecular flexibility index (Phi) is 2.81. The van der Waals surface area contributed by atoms with E-state index in [1.54, 1.807) is 0 Å². The number of hydrogen-bond donors (Lipinski definition) is 0. The Balaban J connectivity index is 2.62. The average molecular weight is 172 g/mol. The summed E-state index contributed by atoms with van der Waals surface area (Å²) in [5.41, 5.74) is 0. The van der Waals surface area contributed by atoms with Crippen molar-refractivity contribution in [3.63, 3.8) is 0 Å². The monoisotopic (exact) mass is 172 g/mol. The van der Waals surface area contributed by atoms with Crippen molar-refractivity contribution in [1.29, 1.82) is 0 Å². The van der Waals surface area contributed by atoms with E-state index in [0.29, 0.717) is 6.42 Å². The predicted octanol–water partition coefficient (Wildman–Crippen LogP) is 0.501. The number of methoxy groups -OCH3 is 1. The Morgan fingerprint density at radius 3 is 2.67 bits per heavy atom.